The van der Waals surface area contributed by atoms with Crippen molar-refractivity contribution in [2.75, 3.05) is 13.2 Å². The van der Waals surface area contributed by atoms with Crippen LogP contribution in [0.5, 0.6) is 0 Å². The number of benzene rings is 1. The number of ether oxygens (including phenoxy) is 1. The Morgan fingerprint density at radius 2 is 1.91 bits per heavy atom. The standard InChI is InChI=1S/C27H37N3O4S/c1-20-7-5-8-21(15-20)19-35(32,33)27-28-16-24(30(27)23-9-3-2-4-10-23)17-29(26(31)22-12-13-22)18-25-11-6-14-34-25/h5,7-8,15-16,22-23,25H,2-4,6,9-14,17-19H2,1H3. The number of aryl methyl sites for hydroxylation is 1. The van der Waals surface area contributed by atoms with Gasteiger partial charge in [-0.05, 0) is 51.0 Å². The van der Waals surface area contributed by atoms with Crippen LogP contribution in [0.4, 0.5) is 0 Å². The zero-order chi connectivity index (χ0) is 24.4. The second-order valence-corrected chi connectivity index (χ2v) is 12.5. The number of hydrogen-bond donors (Lipinski definition) is 0. The van der Waals surface area contributed by atoms with Crippen molar-refractivity contribution >= 4 is 15.7 Å². The summed E-state index contributed by atoms with van der Waals surface area (Å²) in [6.07, 6.45) is 10.9. The lowest BCUT2D eigenvalue weighted by Gasteiger charge is -2.30. The molecule has 8 heteroatoms. The molecule has 0 radical (unpaired) electrons. The number of amides is 1. The summed E-state index contributed by atoms with van der Waals surface area (Å²) < 4.78 is 35.1. The van der Waals surface area contributed by atoms with Crippen LogP contribution in [0.2, 0.25) is 0 Å². The molecular weight excluding hydrogens is 462 g/mol. The fourth-order valence-corrected chi connectivity index (χ4v) is 7.12. The van der Waals surface area contributed by atoms with Crippen LogP contribution in [-0.2, 0) is 31.7 Å². The summed E-state index contributed by atoms with van der Waals surface area (Å²) in [6, 6.07) is 7.74. The third-order valence-electron chi connectivity index (χ3n) is 7.54. The summed E-state index contributed by atoms with van der Waals surface area (Å²) in [5.74, 6) is 0.200. The molecule has 2 heterocycles. The Balaban J connectivity index is 1.46. The van der Waals surface area contributed by atoms with E-state index in [1.54, 1.807) is 6.20 Å². The van der Waals surface area contributed by atoms with E-state index in [4.69, 9.17) is 4.74 Å². The number of hydrogen-bond acceptors (Lipinski definition) is 5. The molecule has 35 heavy (non-hydrogen) atoms. The average Bonchev–Trinajstić information content (AvgIpc) is 3.39. The van der Waals surface area contributed by atoms with Crippen LogP contribution in [-0.4, -0.2) is 48.0 Å². The third kappa shape index (κ3) is 5.80. The molecule has 1 aromatic carbocycles. The molecule has 2 aromatic rings. The highest BCUT2D eigenvalue weighted by molar-refractivity contribution is 7.90. The summed E-state index contributed by atoms with van der Waals surface area (Å²) in [4.78, 5) is 19.6. The topological polar surface area (TPSA) is 81.5 Å². The fraction of sp³-hybridized carbons (Fsp3) is 0.630. The van der Waals surface area contributed by atoms with Crippen LogP contribution in [0.1, 0.15) is 80.7 Å². The predicted molar refractivity (Wildman–Crippen MR) is 134 cm³/mol. The number of carbonyl (C=O) groups excluding carboxylic acids is 1. The highest BCUT2D eigenvalue weighted by Crippen LogP contribution is 2.35. The SMILES string of the molecule is Cc1cccc(CS(=O)(=O)c2ncc(CN(CC3CCCO3)C(=O)C3CC3)n2C2CCCCC2)c1. The van der Waals surface area contributed by atoms with Crippen molar-refractivity contribution < 1.29 is 17.9 Å². The zero-order valence-electron chi connectivity index (χ0n) is 20.7. The minimum absolute atomic E-state index is 0.0632. The molecule has 0 spiro atoms. The maximum Gasteiger partial charge on any atom is 0.228 e. The molecular formula is C27H37N3O4S. The van der Waals surface area contributed by atoms with Crippen LogP contribution >= 0.6 is 0 Å². The molecule has 2 saturated carbocycles. The number of aromatic nitrogens is 2. The Kier molecular flexibility index (Phi) is 7.30. The van der Waals surface area contributed by atoms with Crippen molar-refractivity contribution in [1.29, 1.82) is 0 Å². The summed E-state index contributed by atoms with van der Waals surface area (Å²) in [5.41, 5.74) is 2.64. The molecule has 0 N–H and O–H groups in total. The van der Waals surface area contributed by atoms with Gasteiger partial charge in [-0.2, -0.15) is 0 Å². The molecule has 5 rings (SSSR count). The summed E-state index contributed by atoms with van der Waals surface area (Å²) in [7, 11) is -3.65. The molecule has 1 aliphatic heterocycles. The van der Waals surface area contributed by atoms with E-state index in [1.165, 1.54) is 6.42 Å². The molecule has 190 valence electrons. The Bertz CT molecular complexity index is 1140. The largest absolute Gasteiger partial charge is 0.376 e. The van der Waals surface area contributed by atoms with Gasteiger partial charge in [0.1, 0.15) is 0 Å². The van der Waals surface area contributed by atoms with E-state index >= 15 is 0 Å². The first-order valence-electron chi connectivity index (χ1n) is 13.2. The van der Waals surface area contributed by atoms with Gasteiger partial charge in [-0.3, -0.25) is 4.79 Å². The number of imidazole rings is 1. The average molecular weight is 500 g/mol. The summed E-state index contributed by atoms with van der Waals surface area (Å²) in [5, 5.41) is 0.150. The number of sulfone groups is 1. The van der Waals surface area contributed by atoms with Gasteiger partial charge in [0.15, 0.2) is 0 Å². The van der Waals surface area contributed by atoms with Gasteiger partial charge in [-0.1, -0.05) is 49.1 Å². The Morgan fingerprint density at radius 1 is 1.11 bits per heavy atom. The first-order valence-corrected chi connectivity index (χ1v) is 14.8. The normalized spacial score (nSPS) is 21.3. The maximum atomic E-state index is 13.6. The highest BCUT2D eigenvalue weighted by Gasteiger charge is 2.36. The van der Waals surface area contributed by atoms with E-state index < -0.39 is 9.84 Å². The first-order chi connectivity index (χ1) is 16.9. The lowest BCUT2D eigenvalue weighted by Crippen LogP contribution is -2.38. The Morgan fingerprint density at radius 3 is 2.60 bits per heavy atom. The highest BCUT2D eigenvalue weighted by atomic mass is 32.2. The quantitative estimate of drug-likeness (QED) is 0.504. The molecule has 0 bridgehead atoms. The van der Waals surface area contributed by atoms with E-state index in [-0.39, 0.29) is 34.9 Å². The van der Waals surface area contributed by atoms with Crippen molar-refractivity contribution in [2.45, 2.75) is 94.3 Å². The molecule has 1 aromatic heterocycles. The van der Waals surface area contributed by atoms with Crippen molar-refractivity contribution in [1.82, 2.24) is 14.5 Å². The van der Waals surface area contributed by atoms with Crippen LogP contribution in [0.3, 0.4) is 0 Å². The van der Waals surface area contributed by atoms with Gasteiger partial charge < -0.3 is 14.2 Å². The Hall–Kier alpha value is -2.19. The van der Waals surface area contributed by atoms with Crippen LogP contribution < -0.4 is 0 Å². The second-order valence-electron chi connectivity index (χ2n) is 10.6. The van der Waals surface area contributed by atoms with Gasteiger partial charge >= 0.3 is 0 Å². The van der Waals surface area contributed by atoms with Gasteiger partial charge in [0.2, 0.25) is 20.9 Å². The molecule has 2 aliphatic carbocycles. The van der Waals surface area contributed by atoms with Crippen molar-refractivity contribution in [3.8, 4) is 0 Å². The predicted octanol–water partition coefficient (Wildman–Crippen LogP) is 4.59. The van der Waals surface area contributed by atoms with Gasteiger partial charge in [0, 0.05) is 25.1 Å². The van der Waals surface area contributed by atoms with Gasteiger partial charge in [-0.15, -0.1) is 0 Å². The summed E-state index contributed by atoms with van der Waals surface area (Å²) in [6.45, 7) is 3.67. The van der Waals surface area contributed by atoms with Crippen LogP contribution in [0.25, 0.3) is 0 Å². The zero-order valence-corrected chi connectivity index (χ0v) is 21.5. The smallest absolute Gasteiger partial charge is 0.228 e. The lowest BCUT2D eigenvalue weighted by atomic mass is 9.95. The third-order valence-corrected chi connectivity index (χ3v) is 9.11. The first kappa shape index (κ1) is 24.5. The number of nitrogens with zero attached hydrogens (tertiary/aromatic N) is 3. The number of carbonyl (C=O) groups is 1. The molecule has 1 amide bonds. The fourth-order valence-electron chi connectivity index (χ4n) is 5.59. The molecule has 1 unspecified atom stereocenters. The minimum Gasteiger partial charge on any atom is -0.376 e. The molecule has 1 atom stereocenters. The summed E-state index contributed by atoms with van der Waals surface area (Å²) >= 11 is 0. The maximum absolute atomic E-state index is 13.6. The monoisotopic (exact) mass is 499 g/mol. The van der Waals surface area contributed by atoms with E-state index in [0.29, 0.717) is 13.1 Å². The van der Waals surface area contributed by atoms with E-state index in [0.717, 1.165) is 74.8 Å². The number of rotatable bonds is 9. The van der Waals surface area contributed by atoms with Gasteiger partial charge in [0.05, 0.1) is 30.3 Å². The molecule has 1 saturated heterocycles. The minimum atomic E-state index is -3.65. The van der Waals surface area contributed by atoms with Crippen molar-refractivity contribution in [3.05, 3.63) is 47.3 Å². The van der Waals surface area contributed by atoms with E-state index in [9.17, 15) is 13.2 Å². The van der Waals surface area contributed by atoms with Crippen LogP contribution in [0.15, 0.2) is 35.6 Å². The van der Waals surface area contributed by atoms with Crippen LogP contribution in [0, 0.1) is 12.8 Å². The van der Waals surface area contributed by atoms with E-state index in [2.05, 4.69) is 4.98 Å². The Labute approximate surface area is 208 Å². The molecule has 3 fully saturated rings. The lowest BCUT2D eigenvalue weighted by molar-refractivity contribution is -0.134. The molecule has 7 nitrogen and oxygen atoms in total. The van der Waals surface area contributed by atoms with Gasteiger partial charge in [0.25, 0.3) is 0 Å². The van der Waals surface area contributed by atoms with E-state index in [1.807, 2.05) is 40.7 Å². The van der Waals surface area contributed by atoms with Crippen molar-refractivity contribution in [2.24, 2.45) is 5.92 Å². The molecule has 3 aliphatic rings. The second kappa shape index (κ2) is 10.4. The van der Waals surface area contributed by atoms with Gasteiger partial charge in [-0.25, -0.2) is 13.4 Å². The van der Waals surface area contributed by atoms with Crippen molar-refractivity contribution in [3.63, 3.8) is 0 Å².